The van der Waals surface area contributed by atoms with E-state index in [-0.39, 0.29) is 12.1 Å². The molecule has 2 aliphatic heterocycles. The minimum atomic E-state index is -0.552. The lowest BCUT2D eigenvalue weighted by Gasteiger charge is -2.44. The Bertz CT molecular complexity index is 1080. The molecule has 3 atom stereocenters. The van der Waals surface area contributed by atoms with Gasteiger partial charge >= 0.3 is 0 Å². The molecule has 158 valence electrons. The number of aromatic nitrogens is 4. The normalized spacial score (nSPS) is 21.7. The summed E-state index contributed by atoms with van der Waals surface area (Å²) in [5.74, 6) is 2.57. The third kappa shape index (κ3) is 3.05. The lowest BCUT2D eigenvalue weighted by molar-refractivity contribution is 0.0481. The Labute approximate surface area is 174 Å². The molecule has 9 heteroatoms. The molecule has 0 spiro atoms. The fourth-order valence-corrected chi connectivity index (χ4v) is 4.29. The van der Waals surface area contributed by atoms with Crippen molar-refractivity contribution in [2.45, 2.75) is 38.5 Å². The van der Waals surface area contributed by atoms with Crippen LogP contribution >= 0.6 is 0 Å². The highest BCUT2D eigenvalue weighted by atomic mass is 16.5. The van der Waals surface area contributed by atoms with Gasteiger partial charge in [0.05, 0.1) is 48.1 Å². The molecule has 2 N–H and O–H groups in total. The van der Waals surface area contributed by atoms with Crippen LogP contribution in [-0.4, -0.2) is 69.7 Å². The molecular formula is C21H26N6O3. The van der Waals surface area contributed by atoms with Crippen molar-refractivity contribution in [3.8, 4) is 11.7 Å². The van der Waals surface area contributed by atoms with Gasteiger partial charge in [0.1, 0.15) is 6.61 Å². The summed E-state index contributed by atoms with van der Waals surface area (Å²) in [6.45, 7) is 5.63. The summed E-state index contributed by atoms with van der Waals surface area (Å²) in [7, 11) is 1.83. The molecular weight excluding hydrogens is 384 g/mol. The van der Waals surface area contributed by atoms with Crippen LogP contribution in [0.25, 0.3) is 17.0 Å². The molecule has 0 radical (unpaired) electrons. The van der Waals surface area contributed by atoms with Crippen LogP contribution in [0.5, 0.6) is 5.75 Å². The van der Waals surface area contributed by atoms with E-state index in [1.807, 2.05) is 35.9 Å². The zero-order chi connectivity index (χ0) is 20.8. The number of para-hydroxylation sites is 2. The molecule has 2 aliphatic rings. The zero-order valence-corrected chi connectivity index (χ0v) is 17.4. The Morgan fingerprint density at radius 2 is 2.03 bits per heavy atom. The fourth-order valence-electron chi connectivity index (χ4n) is 4.29. The van der Waals surface area contributed by atoms with Crippen LogP contribution < -0.4 is 15.0 Å². The van der Waals surface area contributed by atoms with E-state index in [0.29, 0.717) is 49.6 Å². The van der Waals surface area contributed by atoms with Crippen LogP contribution in [0.4, 0.5) is 11.8 Å². The maximum absolute atomic E-state index is 10.1. The number of ether oxygens (including phenoxy) is 2. The highest BCUT2D eigenvalue weighted by molar-refractivity contribution is 5.80. The average Bonchev–Trinajstić information content (AvgIpc) is 3.11. The SMILES string of the molecule is CNc1nc2ccccc2n1-c1nc(CC(C)O)c2c(n1)N1C(C)COCC1CO2. The fraction of sp³-hybridized carbons (Fsp3) is 0.476. The number of nitrogens with one attached hydrogen (secondary N) is 1. The number of hydrogen-bond donors (Lipinski definition) is 2. The third-order valence-corrected chi connectivity index (χ3v) is 5.58. The molecule has 5 rings (SSSR count). The minimum Gasteiger partial charge on any atom is -0.486 e. The number of rotatable bonds is 4. The van der Waals surface area contributed by atoms with Gasteiger partial charge in [-0.15, -0.1) is 0 Å². The monoisotopic (exact) mass is 410 g/mol. The second-order valence-corrected chi connectivity index (χ2v) is 7.94. The molecule has 0 saturated carbocycles. The predicted octanol–water partition coefficient (Wildman–Crippen LogP) is 1.77. The Morgan fingerprint density at radius 3 is 2.83 bits per heavy atom. The topological polar surface area (TPSA) is 97.6 Å². The molecule has 3 unspecified atom stereocenters. The number of imidazole rings is 1. The van der Waals surface area contributed by atoms with Gasteiger partial charge in [0, 0.05) is 13.5 Å². The number of benzene rings is 1. The molecule has 0 bridgehead atoms. The first-order valence-corrected chi connectivity index (χ1v) is 10.3. The van der Waals surface area contributed by atoms with Gasteiger partial charge in [-0.1, -0.05) is 12.1 Å². The van der Waals surface area contributed by atoms with Crippen LogP contribution in [0.1, 0.15) is 19.5 Å². The molecule has 0 amide bonds. The second-order valence-electron chi connectivity index (χ2n) is 7.94. The van der Waals surface area contributed by atoms with Crippen molar-refractivity contribution in [3.63, 3.8) is 0 Å². The van der Waals surface area contributed by atoms with Crippen LogP contribution in [0.3, 0.4) is 0 Å². The molecule has 0 aliphatic carbocycles. The Morgan fingerprint density at radius 1 is 1.20 bits per heavy atom. The van der Waals surface area contributed by atoms with Crippen LogP contribution in [0, 0.1) is 0 Å². The van der Waals surface area contributed by atoms with E-state index in [2.05, 4.69) is 22.1 Å². The summed E-state index contributed by atoms with van der Waals surface area (Å²) in [5.41, 5.74) is 2.46. The van der Waals surface area contributed by atoms with Crippen molar-refractivity contribution < 1.29 is 14.6 Å². The van der Waals surface area contributed by atoms with Crippen molar-refractivity contribution in [3.05, 3.63) is 30.0 Å². The van der Waals surface area contributed by atoms with E-state index in [1.54, 1.807) is 6.92 Å². The van der Waals surface area contributed by atoms with Crippen molar-refractivity contribution in [2.24, 2.45) is 0 Å². The largest absolute Gasteiger partial charge is 0.486 e. The van der Waals surface area contributed by atoms with Gasteiger partial charge in [-0.05, 0) is 26.0 Å². The maximum atomic E-state index is 10.1. The first-order valence-electron chi connectivity index (χ1n) is 10.3. The number of aliphatic hydroxyl groups excluding tert-OH is 1. The Kier molecular flexibility index (Phi) is 4.71. The molecule has 9 nitrogen and oxygen atoms in total. The molecule has 30 heavy (non-hydrogen) atoms. The quantitative estimate of drug-likeness (QED) is 0.672. The summed E-state index contributed by atoms with van der Waals surface area (Å²) in [6, 6.07) is 8.16. The molecule has 1 aromatic carbocycles. The number of hydrogen-bond acceptors (Lipinski definition) is 8. The smallest absolute Gasteiger partial charge is 0.239 e. The minimum absolute atomic E-state index is 0.103. The third-order valence-electron chi connectivity index (χ3n) is 5.58. The van der Waals surface area contributed by atoms with E-state index < -0.39 is 6.10 Å². The van der Waals surface area contributed by atoms with E-state index in [1.165, 1.54) is 0 Å². The molecule has 1 fully saturated rings. The van der Waals surface area contributed by atoms with Gasteiger partial charge in [-0.25, -0.2) is 14.5 Å². The van der Waals surface area contributed by atoms with Crippen molar-refractivity contribution >= 4 is 22.8 Å². The van der Waals surface area contributed by atoms with Gasteiger partial charge in [0.2, 0.25) is 11.9 Å². The van der Waals surface area contributed by atoms with Crippen LogP contribution in [0.2, 0.25) is 0 Å². The highest BCUT2D eigenvalue weighted by Gasteiger charge is 2.38. The van der Waals surface area contributed by atoms with Crippen molar-refractivity contribution in [2.75, 3.05) is 37.1 Å². The van der Waals surface area contributed by atoms with Gasteiger partial charge in [-0.3, -0.25) is 0 Å². The van der Waals surface area contributed by atoms with E-state index in [4.69, 9.17) is 19.4 Å². The van der Waals surface area contributed by atoms with E-state index in [9.17, 15) is 5.11 Å². The summed E-state index contributed by atoms with van der Waals surface area (Å²) in [4.78, 5) is 16.7. The number of anilines is 2. The number of aliphatic hydroxyl groups is 1. The molecule has 2 aromatic heterocycles. The average molecular weight is 410 g/mol. The van der Waals surface area contributed by atoms with Gasteiger partial charge in [0.25, 0.3) is 0 Å². The standard InChI is InChI=1S/C21H26N6O3/c1-12-9-29-10-14-11-30-18-16(8-13(2)28)24-21(25-19(18)26(12)14)27-17-7-5-4-6-15(17)23-20(27)22-3/h4-7,12-14,28H,8-11H2,1-3H3,(H,22,23). The molecule has 4 heterocycles. The lowest BCUT2D eigenvalue weighted by atomic mass is 10.1. The van der Waals surface area contributed by atoms with Crippen molar-refractivity contribution in [1.29, 1.82) is 0 Å². The van der Waals surface area contributed by atoms with Crippen LogP contribution in [0.15, 0.2) is 24.3 Å². The summed E-state index contributed by atoms with van der Waals surface area (Å²) >= 11 is 0. The van der Waals surface area contributed by atoms with E-state index in [0.717, 1.165) is 16.9 Å². The summed E-state index contributed by atoms with van der Waals surface area (Å²) in [6.07, 6.45) is -0.174. The first kappa shape index (κ1) is 19.1. The predicted molar refractivity (Wildman–Crippen MR) is 114 cm³/mol. The Hall–Kier alpha value is -2.91. The summed E-state index contributed by atoms with van der Waals surface area (Å²) in [5, 5.41) is 13.3. The van der Waals surface area contributed by atoms with Crippen LogP contribution in [-0.2, 0) is 11.2 Å². The first-order chi connectivity index (χ1) is 14.6. The number of nitrogens with zero attached hydrogens (tertiary/aromatic N) is 5. The highest BCUT2D eigenvalue weighted by Crippen LogP contribution is 2.39. The lowest BCUT2D eigenvalue weighted by Crippen LogP contribution is -2.56. The van der Waals surface area contributed by atoms with Crippen molar-refractivity contribution in [1.82, 2.24) is 19.5 Å². The molecule has 3 aromatic rings. The summed E-state index contributed by atoms with van der Waals surface area (Å²) < 4.78 is 13.7. The second kappa shape index (κ2) is 7.41. The Balaban J connectivity index is 1.74. The number of morpholine rings is 1. The molecule has 1 saturated heterocycles. The van der Waals surface area contributed by atoms with Gasteiger partial charge in [-0.2, -0.15) is 4.98 Å². The number of fused-ring (bicyclic) bond motifs is 4. The maximum Gasteiger partial charge on any atom is 0.239 e. The van der Waals surface area contributed by atoms with Gasteiger partial charge in [0.15, 0.2) is 11.6 Å². The van der Waals surface area contributed by atoms with E-state index >= 15 is 0 Å². The zero-order valence-electron chi connectivity index (χ0n) is 17.4. The van der Waals surface area contributed by atoms with Gasteiger partial charge < -0.3 is 24.8 Å².